The summed E-state index contributed by atoms with van der Waals surface area (Å²) in [6.45, 7) is 0.767. The third-order valence-electron chi connectivity index (χ3n) is 4.94. The normalized spacial score (nSPS) is 33.0. The van der Waals surface area contributed by atoms with Gasteiger partial charge in [0.05, 0.1) is 11.0 Å². The van der Waals surface area contributed by atoms with Gasteiger partial charge in [-0.1, -0.05) is 42.5 Å². The standard InChI is InChI=1S/C17H15Br2NO/c18-15-16(20(19)9-10-4-2-1-3-5-10)13-11-6-7-12(8-11)14(13)17(15)21/h1-7,11-14H,8-9H2. The fourth-order valence-corrected chi connectivity index (χ4v) is 5.75. The van der Waals surface area contributed by atoms with Gasteiger partial charge in [0, 0.05) is 33.7 Å². The molecule has 2 nitrogen and oxygen atoms in total. The summed E-state index contributed by atoms with van der Waals surface area (Å²) in [4.78, 5) is 12.6. The Labute approximate surface area is 141 Å². The van der Waals surface area contributed by atoms with Crippen molar-refractivity contribution in [3.05, 3.63) is 58.2 Å². The van der Waals surface area contributed by atoms with Crippen molar-refractivity contribution in [1.82, 2.24) is 3.93 Å². The number of Topliss-reactive ketones (excluding diaryl/α,β-unsaturated/α-hetero) is 1. The Bertz CT molecular complexity index is 652. The maximum absolute atomic E-state index is 12.6. The Kier molecular flexibility index (Phi) is 3.34. The first kappa shape index (κ1) is 13.8. The summed E-state index contributed by atoms with van der Waals surface area (Å²) in [6, 6.07) is 10.3. The summed E-state index contributed by atoms with van der Waals surface area (Å²) < 4.78 is 2.84. The quantitative estimate of drug-likeness (QED) is 0.544. The van der Waals surface area contributed by atoms with Crippen LogP contribution in [-0.4, -0.2) is 9.71 Å². The maximum Gasteiger partial charge on any atom is 0.175 e. The number of nitrogens with zero attached hydrogens (tertiary/aromatic N) is 1. The monoisotopic (exact) mass is 407 g/mol. The second kappa shape index (κ2) is 5.10. The lowest BCUT2D eigenvalue weighted by Gasteiger charge is -2.27. The number of carbonyl (C=O) groups is 1. The second-order valence-electron chi connectivity index (χ2n) is 6.07. The zero-order valence-corrected chi connectivity index (χ0v) is 14.5. The summed E-state index contributed by atoms with van der Waals surface area (Å²) in [7, 11) is 0. The van der Waals surface area contributed by atoms with E-state index < -0.39 is 0 Å². The van der Waals surface area contributed by atoms with Crippen molar-refractivity contribution in [2.75, 3.05) is 0 Å². The van der Waals surface area contributed by atoms with Gasteiger partial charge in [-0.3, -0.25) is 4.79 Å². The van der Waals surface area contributed by atoms with Crippen LogP contribution in [0.2, 0.25) is 0 Å². The molecule has 0 N–H and O–H groups in total. The molecule has 108 valence electrons. The molecule has 1 fully saturated rings. The topological polar surface area (TPSA) is 20.3 Å². The third-order valence-corrected chi connectivity index (χ3v) is 6.37. The average Bonchev–Trinajstić information content (AvgIpc) is 3.14. The lowest BCUT2D eigenvalue weighted by Crippen LogP contribution is -2.25. The van der Waals surface area contributed by atoms with E-state index in [1.54, 1.807) is 0 Å². The van der Waals surface area contributed by atoms with Gasteiger partial charge in [0.15, 0.2) is 5.78 Å². The predicted molar refractivity (Wildman–Crippen MR) is 89.6 cm³/mol. The Balaban J connectivity index is 1.64. The minimum atomic E-state index is 0.153. The molecule has 3 aliphatic rings. The van der Waals surface area contributed by atoms with E-state index in [4.69, 9.17) is 0 Å². The van der Waals surface area contributed by atoms with Gasteiger partial charge in [0.1, 0.15) is 0 Å². The number of allylic oxidation sites excluding steroid dienone is 4. The highest BCUT2D eigenvalue weighted by Crippen LogP contribution is 2.58. The van der Waals surface area contributed by atoms with Crippen LogP contribution in [-0.2, 0) is 11.3 Å². The van der Waals surface area contributed by atoms with Crippen LogP contribution in [0.15, 0.2) is 52.7 Å². The fourth-order valence-electron chi connectivity index (χ4n) is 4.07. The Hall–Kier alpha value is -0.870. The highest BCUT2D eigenvalue weighted by molar-refractivity contribution is 9.12. The van der Waals surface area contributed by atoms with E-state index in [-0.39, 0.29) is 11.7 Å². The number of halogens is 2. The lowest BCUT2D eigenvalue weighted by molar-refractivity contribution is -0.119. The lowest BCUT2D eigenvalue weighted by atomic mass is 9.84. The highest BCUT2D eigenvalue weighted by Gasteiger charge is 2.55. The molecule has 4 rings (SSSR count). The molecule has 1 saturated carbocycles. The summed E-state index contributed by atoms with van der Waals surface area (Å²) in [5.74, 6) is 1.73. The fraction of sp³-hybridized carbons (Fsp3) is 0.353. The van der Waals surface area contributed by atoms with Gasteiger partial charge >= 0.3 is 0 Å². The molecule has 0 aliphatic heterocycles. The maximum atomic E-state index is 12.6. The number of rotatable bonds is 3. The SMILES string of the molecule is O=C1C(Br)=C(N(Br)Cc2ccccc2)C2C3C=CC(C3)C12. The van der Waals surface area contributed by atoms with Gasteiger partial charge in [-0.15, -0.1) is 0 Å². The number of benzene rings is 1. The van der Waals surface area contributed by atoms with E-state index in [0.717, 1.165) is 23.1 Å². The van der Waals surface area contributed by atoms with Crippen molar-refractivity contribution in [1.29, 1.82) is 0 Å². The van der Waals surface area contributed by atoms with Gasteiger partial charge < -0.3 is 3.93 Å². The zero-order chi connectivity index (χ0) is 14.6. The second-order valence-corrected chi connectivity index (χ2v) is 7.72. The van der Waals surface area contributed by atoms with E-state index in [0.29, 0.717) is 17.8 Å². The number of fused-ring (bicyclic) bond motifs is 5. The van der Waals surface area contributed by atoms with Crippen LogP contribution in [0.5, 0.6) is 0 Å². The summed E-state index contributed by atoms with van der Waals surface area (Å²) in [6.07, 6.45) is 5.67. The highest BCUT2D eigenvalue weighted by atomic mass is 79.9. The van der Waals surface area contributed by atoms with Crippen LogP contribution in [0.25, 0.3) is 0 Å². The minimum absolute atomic E-state index is 0.153. The first-order chi connectivity index (χ1) is 10.2. The first-order valence-corrected chi connectivity index (χ1v) is 8.76. The van der Waals surface area contributed by atoms with Crippen molar-refractivity contribution in [2.24, 2.45) is 23.7 Å². The van der Waals surface area contributed by atoms with E-state index in [9.17, 15) is 4.79 Å². The van der Waals surface area contributed by atoms with Crippen LogP contribution in [0.4, 0.5) is 0 Å². The van der Waals surface area contributed by atoms with Crippen molar-refractivity contribution in [3.8, 4) is 0 Å². The molecule has 0 spiro atoms. The number of carbonyl (C=O) groups excluding carboxylic acids is 1. The first-order valence-electron chi connectivity index (χ1n) is 7.26. The molecular formula is C17H15Br2NO. The van der Waals surface area contributed by atoms with E-state index in [1.807, 2.05) is 18.2 Å². The molecule has 4 heteroatoms. The molecule has 4 atom stereocenters. The third kappa shape index (κ3) is 2.07. The summed E-state index contributed by atoms with van der Waals surface area (Å²) in [5, 5.41) is 0. The van der Waals surface area contributed by atoms with Gasteiger partial charge in [0.2, 0.25) is 0 Å². The minimum Gasteiger partial charge on any atom is -0.307 e. The Morgan fingerprint density at radius 3 is 2.48 bits per heavy atom. The van der Waals surface area contributed by atoms with Crippen molar-refractivity contribution >= 4 is 37.9 Å². The van der Waals surface area contributed by atoms with Gasteiger partial charge in [-0.2, -0.15) is 0 Å². The number of ketones is 1. The number of hydrogen-bond acceptors (Lipinski definition) is 2. The predicted octanol–water partition coefficient (Wildman–Crippen LogP) is 4.43. The Morgan fingerprint density at radius 1 is 1.10 bits per heavy atom. The van der Waals surface area contributed by atoms with E-state index in [1.165, 1.54) is 5.56 Å². The average molecular weight is 409 g/mol. The van der Waals surface area contributed by atoms with Crippen LogP contribution in [0.3, 0.4) is 0 Å². The van der Waals surface area contributed by atoms with Crippen LogP contribution in [0.1, 0.15) is 12.0 Å². The molecule has 2 bridgehead atoms. The van der Waals surface area contributed by atoms with E-state index >= 15 is 0 Å². The molecule has 4 unspecified atom stereocenters. The Morgan fingerprint density at radius 2 is 1.76 bits per heavy atom. The van der Waals surface area contributed by atoms with Gasteiger partial charge in [0.25, 0.3) is 0 Å². The van der Waals surface area contributed by atoms with Gasteiger partial charge in [-0.05, 0) is 39.8 Å². The van der Waals surface area contributed by atoms with Crippen LogP contribution >= 0.6 is 32.1 Å². The summed E-state index contributed by atoms with van der Waals surface area (Å²) in [5.41, 5.74) is 2.36. The van der Waals surface area contributed by atoms with Crippen molar-refractivity contribution in [2.45, 2.75) is 13.0 Å². The molecule has 3 aliphatic carbocycles. The summed E-state index contributed by atoms with van der Waals surface area (Å²) >= 11 is 7.24. The van der Waals surface area contributed by atoms with Crippen molar-refractivity contribution in [3.63, 3.8) is 0 Å². The largest absolute Gasteiger partial charge is 0.307 e. The molecule has 1 aromatic rings. The van der Waals surface area contributed by atoms with Gasteiger partial charge in [-0.25, -0.2) is 0 Å². The molecule has 0 amide bonds. The van der Waals surface area contributed by atoms with E-state index in [2.05, 4.69) is 60.3 Å². The molecule has 0 saturated heterocycles. The number of hydrogen-bond donors (Lipinski definition) is 0. The zero-order valence-electron chi connectivity index (χ0n) is 11.4. The molecule has 0 aromatic heterocycles. The molecule has 0 heterocycles. The van der Waals surface area contributed by atoms with Crippen LogP contribution < -0.4 is 0 Å². The smallest absolute Gasteiger partial charge is 0.175 e. The molecular weight excluding hydrogens is 394 g/mol. The molecule has 1 aromatic carbocycles. The van der Waals surface area contributed by atoms with Crippen LogP contribution in [0, 0.1) is 23.7 Å². The molecule has 21 heavy (non-hydrogen) atoms. The molecule has 0 radical (unpaired) electrons. The van der Waals surface area contributed by atoms with Crippen molar-refractivity contribution < 1.29 is 4.79 Å².